The van der Waals surface area contributed by atoms with Gasteiger partial charge >= 0.3 is 0 Å². The van der Waals surface area contributed by atoms with Crippen LogP contribution in [0.3, 0.4) is 0 Å². The summed E-state index contributed by atoms with van der Waals surface area (Å²) in [5.41, 5.74) is 4.87. The molecule has 0 radical (unpaired) electrons. The predicted molar refractivity (Wildman–Crippen MR) is 76.7 cm³/mol. The van der Waals surface area contributed by atoms with Gasteiger partial charge in [-0.15, -0.1) is 0 Å². The summed E-state index contributed by atoms with van der Waals surface area (Å²) in [6.45, 7) is 2.38. The van der Waals surface area contributed by atoms with E-state index in [1.807, 2.05) is 19.0 Å². The highest BCUT2D eigenvalue weighted by molar-refractivity contribution is 6.07. The van der Waals surface area contributed by atoms with Crippen molar-refractivity contribution in [1.29, 1.82) is 0 Å². The zero-order chi connectivity index (χ0) is 15.0. The Balaban J connectivity index is 2.33. The SMILES string of the molecule is CN(C)CCOCCNC(=O)C1(C(N)=NO)CCCC1. The number of likely N-dealkylation sites (N-methyl/N-ethyl adjacent to an activating group) is 1. The van der Waals surface area contributed by atoms with Crippen molar-refractivity contribution in [3.63, 3.8) is 0 Å². The fourth-order valence-corrected chi connectivity index (χ4v) is 2.43. The number of ether oxygens (including phenoxy) is 1. The van der Waals surface area contributed by atoms with Gasteiger partial charge < -0.3 is 25.9 Å². The summed E-state index contributed by atoms with van der Waals surface area (Å²) in [6.07, 6.45) is 3.11. The average Bonchev–Trinajstić information content (AvgIpc) is 2.91. The molecule has 0 aromatic heterocycles. The van der Waals surface area contributed by atoms with Crippen molar-refractivity contribution in [3.8, 4) is 0 Å². The van der Waals surface area contributed by atoms with E-state index < -0.39 is 5.41 Å². The Morgan fingerprint density at radius 2 is 2.05 bits per heavy atom. The quantitative estimate of drug-likeness (QED) is 0.191. The van der Waals surface area contributed by atoms with Gasteiger partial charge in [-0.3, -0.25) is 4.79 Å². The zero-order valence-corrected chi connectivity index (χ0v) is 12.4. The summed E-state index contributed by atoms with van der Waals surface area (Å²) >= 11 is 0. The van der Waals surface area contributed by atoms with Crippen LogP contribution in [0.25, 0.3) is 0 Å². The van der Waals surface area contributed by atoms with Crippen LogP contribution < -0.4 is 11.1 Å². The largest absolute Gasteiger partial charge is 0.409 e. The molecule has 0 aromatic carbocycles. The Kier molecular flexibility index (Phi) is 6.74. The number of amides is 1. The van der Waals surface area contributed by atoms with E-state index in [0.717, 1.165) is 19.4 Å². The molecule has 20 heavy (non-hydrogen) atoms. The number of oxime groups is 1. The molecule has 0 saturated heterocycles. The standard InChI is InChI=1S/C13H26N4O3/c1-17(2)8-10-20-9-7-15-12(18)13(11(14)16-19)5-3-4-6-13/h19H,3-10H2,1-2H3,(H2,14,16)(H,15,18). The fraction of sp³-hybridized carbons (Fsp3) is 0.846. The number of rotatable bonds is 8. The van der Waals surface area contributed by atoms with Crippen molar-refractivity contribution in [1.82, 2.24) is 10.2 Å². The van der Waals surface area contributed by atoms with E-state index in [0.29, 0.717) is 32.6 Å². The maximum Gasteiger partial charge on any atom is 0.234 e. The van der Waals surface area contributed by atoms with E-state index in [9.17, 15) is 4.79 Å². The minimum Gasteiger partial charge on any atom is -0.409 e. The highest BCUT2D eigenvalue weighted by Crippen LogP contribution is 2.38. The molecule has 7 heteroatoms. The zero-order valence-electron chi connectivity index (χ0n) is 12.4. The molecule has 1 rings (SSSR count). The molecule has 0 unspecified atom stereocenters. The number of nitrogens with zero attached hydrogens (tertiary/aromatic N) is 2. The summed E-state index contributed by atoms with van der Waals surface area (Å²) in [5.74, 6) is -0.150. The van der Waals surface area contributed by atoms with Crippen LogP contribution in [0.5, 0.6) is 0 Å². The van der Waals surface area contributed by atoms with E-state index in [4.69, 9.17) is 15.7 Å². The number of nitrogens with two attached hydrogens (primary N) is 1. The minimum atomic E-state index is -0.835. The summed E-state index contributed by atoms with van der Waals surface area (Å²) in [7, 11) is 3.96. The van der Waals surface area contributed by atoms with Crippen LogP contribution in [-0.4, -0.2) is 62.2 Å². The van der Waals surface area contributed by atoms with Gasteiger partial charge in [-0.1, -0.05) is 18.0 Å². The molecule has 0 spiro atoms. The lowest BCUT2D eigenvalue weighted by Gasteiger charge is -2.25. The van der Waals surface area contributed by atoms with Gasteiger partial charge in [-0.25, -0.2) is 0 Å². The molecule has 4 N–H and O–H groups in total. The van der Waals surface area contributed by atoms with Gasteiger partial charge in [-0.05, 0) is 26.9 Å². The lowest BCUT2D eigenvalue weighted by atomic mass is 9.84. The molecule has 0 bridgehead atoms. The van der Waals surface area contributed by atoms with Crippen LogP contribution in [0, 0.1) is 5.41 Å². The van der Waals surface area contributed by atoms with E-state index in [1.165, 1.54) is 0 Å². The number of amidine groups is 1. The minimum absolute atomic E-state index is 0.0148. The third kappa shape index (κ3) is 4.35. The highest BCUT2D eigenvalue weighted by Gasteiger charge is 2.45. The summed E-state index contributed by atoms with van der Waals surface area (Å²) in [6, 6.07) is 0. The van der Waals surface area contributed by atoms with Crippen LogP contribution in [0.15, 0.2) is 5.16 Å². The molecular formula is C13H26N4O3. The monoisotopic (exact) mass is 286 g/mol. The first kappa shape index (κ1) is 16.7. The van der Waals surface area contributed by atoms with E-state index in [2.05, 4.69) is 10.5 Å². The summed E-state index contributed by atoms with van der Waals surface area (Å²) in [5, 5.41) is 14.7. The van der Waals surface area contributed by atoms with Crippen molar-refractivity contribution in [2.24, 2.45) is 16.3 Å². The van der Waals surface area contributed by atoms with Crippen molar-refractivity contribution in [2.45, 2.75) is 25.7 Å². The molecule has 0 aliphatic heterocycles. The lowest BCUT2D eigenvalue weighted by molar-refractivity contribution is -0.127. The molecular weight excluding hydrogens is 260 g/mol. The summed E-state index contributed by atoms with van der Waals surface area (Å²) in [4.78, 5) is 14.3. The van der Waals surface area contributed by atoms with Gasteiger partial charge in [0, 0.05) is 13.1 Å². The van der Waals surface area contributed by atoms with Crippen LogP contribution in [0.1, 0.15) is 25.7 Å². The van der Waals surface area contributed by atoms with Gasteiger partial charge in [0.25, 0.3) is 0 Å². The molecule has 0 aromatic rings. The Morgan fingerprint density at radius 3 is 2.60 bits per heavy atom. The molecule has 1 aliphatic rings. The molecule has 0 atom stereocenters. The lowest BCUT2D eigenvalue weighted by Crippen LogP contribution is -2.48. The van der Waals surface area contributed by atoms with Gasteiger partial charge in [0.15, 0.2) is 5.84 Å². The van der Waals surface area contributed by atoms with E-state index in [1.54, 1.807) is 0 Å². The second kappa shape index (κ2) is 8.06. The number of hydrogen-bond donors (Lipinski definition) is 3. The van der Waals surface area contributed by atoms with Gasteiger partial charge in [0.05, 0.1) is 13.2 Å². The summed E-state index contributed by atoms with van der Waals surface area (Å²) < 4.78 is 5.41. The predicted octanol–water partition coefficient (Wildman–Crippen LogP) is -0.0124. The normalized spacial score (nSPS) is 18.4. The number of hydrogen-bond acceptors (Lipinski definition) is 5. The molecule has 1 aliphatic carbocycles. The Morgan fingerprint density at radius 1 is 1.40 bits per heavy atom. The van der Waals surface area contributed by atoms with Crippen molar-refractivity contribution < 1.29 is 14.7 Å². The highest BCUT2D eigenvalue weighted by atomic mass is 16.5. The second-order valence-corrected chi connectivity index (χ2v) is 5.45. The smallest absolute Gasteiger partial charge is 0.234 e. The molecule has 0 heterocycles. The van der Waals surface area contributed by atoms with Gasteiger partial charge in [0.1, 0.15) is 5.41 Å². The van der Waals surface area contributed by atoms with Gasteiger partial charge in [-0.2, -0.15) is 0 Å². The van der Waals surface area contributed by atoms with Crippen LogP contribution in [-0.2, 0) is 9.53 Å². The van der Waals surface area contributed by atoms with Crippen LogP contribution in [0.4, 0.5) is 0 Å². The molecule has 116 valence electrons. The second-order valence-electron chi connectivity index (χ2n) is 5.45. The topological polar surface area (TPSA) is 100 Å². The Hall–Kier alpha value is -1.34. The third-order valence-electron chi connectivity index (χ3n) is 3.70. The number of carbonyl (C=O) groups is 1. The van der Waals surface area contributed by atoms with Crippen LogP contribution >= 0.6 is 0 Å². The van der Waals surface area contributed by atoms with Gasteiger partial charge in [0.2, 0.25) is 5.91 Å². The first-order valence-electron chi connectivity index (χ1n) is 7.02. The van der Waals surface area contributed by atoms with Crippen molar-refractivity contribution in [3.05, 3.63) is 0 Å². The number of carbonyl (C=O) groups excluding carboxylic acids is 1. The molecule has 1 saturated carbocycles. The first-order valence-corrected chi connectivity index (χ1v) is 7.02. The Labute approximate surface area is 120 Å². The molecule has 7 nitrogen and oxygen atoms in total. The molecule has 1 amide bonds. The Bertz CT molecular complexity index is 339. The maximum absolute atomic E-state index is 12.3. The van der Waals surface area contributed by atoms with Crippen LogP contribution in [0.2, 0.25) is 0 Å². The fourth-order valence-electron chi connectivity index (χ4n) is 2.43. The number of nitrogens with one attached hydrogen (secondary N) is 1. The maximum atomic E-state index is 12.3. The van der Waals surface area contributed by atoms with Crippen molar-refractivity contribution in [2.75, 3.05) is 40.4 Å². The van der Waals surface area contributed by atoms with Crippen molar-refractivity contribution >= 4 is 11.7 Å². The van der Waals surface area contributed by atoms with E-state index >= 15 is 0 Å². The third-order valence-corrected chi connectivity index (χ3v) is 3.70. The van der Waals surface area contributed by atoms with E-state index in [-0.39, 0.29) is 11.7 Å². The average molecular weight is 286 g/mol. The first-order chi connectivity index (χ1) is 9.53. The molecule has 1 fully saturated rings.